The molecule has 2 bridgehead atoms. The number of aryl methyl sites for hydroxylation is 1. The van der Waals surface area contributed by atoms with Gasteiger partial charge < -0.3 is 0 Å². The molecule has 5 heteroatoms. The molecule has 138 valence electrons. The lowest BCUT2D eigenvalue weighted by Gasteiger charge is -2.18. The summed E-state index contributed by atoms with van der Waals surface area (Å²) >= 11 is 1.44. The number of nitrogens with zero attached hydrogens (tertiary/aromatic N) is 2. The average molecular weight is 378 g/mol. The summed E-state index contributed by atoms with van der Waals surface area (Å²) in [6.45, 7) is 6.23. The molecular weight excluding hydrogens is 356 g/mol. The molecule has 2 amide bonds. The molecule has 4 atom stereocenters. The molecule has 5 rings (SSSR count). The van der Waals surface area contributed by atoms with Gasteiger partial charge in [0.1, 0.15) is 0 Å². The largest absolute Gasteiger partial charge is 0.274 e. The highest BCUT2D eigenvalue weighted by molar-refractivity contribution is 7.16. The smallest absolute Gasteiger partial charge is 0.240 e. The first-order valence-electron chi connectivity index (χ1n) is 9.57. The van der Waals surface area contributed by atoms with Crippen LogP contribution in [0.4, 0.5) is 5.13 Å². The Morgan fingerprint density at radius 1 is 1.04 bits per heavy atom. The Balaban J connectivity index is 1.53. The molecule has 4 nitrogen and oxygen atoms in total. The minimum atomic E-state index is -0.175. The number of carbonyl (C=O) groups is 2. The first kappa shape index (κ1) is 16.9. The third kappa shape index (κ3) is 2.24. The zero-order valence-corrected chi connectivity index (χ0v) is 16.5. The van der Waals surface area contributed by atoms with Crippen LogP contribution in [0.15, 0.2) is 41.5 Å². The normalized spacial score (nSPS) is 29.0. The molecule has 3 fully saturated rings. The van der Waals surface area contributed by atoms with Gasteiger partial charge in [-0.2, -0.15) is 0 Å². The number of hydrogen-bond donors (Lipinski definition) is 0. The van der Waals surface area contributed by atoms with Crippen molar-refractivity contribution in [1.82, 2.24) is 4.98 Å². The maximum Gasteiger partial charge on any atom is 0.240 e. The van der Waals surface area contributed by atoms with E-state index in [1.807, 2.05) is 37.3 Å². The van der Waals surface area contributed by atoms with Crippen LogP contribution in [0, 0.1) is 30.6 Å². The first-order chi connectivity index (χ1) is 13.0. The van der Waals surface area contributed by atoms with Gasteiger partial charge in [0.25, 0.3) is 0 Å². The molecule has 2 saturated carbocycles. The lowest BCUT2D eigenvalue weighted by Crippen LogP contribution is -2.33. The van der Waals surface area contributed by atoms with E-state index < -0.39 is 0 Å². The quantitative estimate of drug-likeness (QED) is 0.567. The van der Waals surface area contributed by atoms with Gasteiger partial charge in [0, 0.05) is 10.4 Å². The molecule has 1 aromatic carbocycles. The van der Waals surface area contributed by atoms with Gasteiger partial charge in [-0.25, -0.2) is 9.88 Å². The highest BCUT2D eigenvalue weighted by atomic mass is 32.1. The molecule has 1 saturated heterocycles. The third-order valence-corrected chi connectivity index (χ3v) is 7.41. The van der Waals surface area contributed by atoms with Gasteiger partial charge >= 0.3 is 0 Å². The number of benzene rings is 1. The molecule has 0 radical (unpaired) electrons. The van der Waals surface area contributed by atoms with Crippen LogP contribution in [0.3, 0.4) is 0 Å². The Labute approximate surface area is 162 Å². The van der Waals surface area contributed by atoms with E-state index in [0.717, 1.165) is 29.0 Å². The predicted molar refractivity (Wildman–Crippen MR) is 106 cm³/mol. The number of rotatable bonds is 2. The van der Waals surface area contributed by atoms with Crippen LogP contribution in [0.25, 0.3) is 11.3 Å². The second kappa shape index (κ2) is 5.86. The van der Waals surface area contributed by atoms with E-state index in [9.17, 15) is 9.59 Å². The standard InChI is InChI=1S/C22H22N2O2S/c1-11(2)16-14-9-10-15(16)18-17(14)20(25)24(21(18)26)22-23-19(12(3)27-22)13-7-5-4-6-8-13/h4-8,14-15,17-18H,9-10H2,1-3H3/t14-,15+,17-,18-/m0/s1. The van der Waals surface area contributed by atoms with E-state index in [1.165, 1.54) is 27.4 Å². The molecule has 2 heterocycles. The SMILES string of the molecule is CC(C)=C1[C@H]2CC[C@@H]1[C@@H]1C(=O)N(c3nc(-c4ccccc4)c(C)s3)C(=O)[C@H]12. The summed E-state index contributed by atoms with van der Waals surface area (Å²) in [5, 5.41) is 0.536. The van der Waals surface area contributed by atoms with E-state index in [-0.39, 0.29) is 35.5 Å². The number of hydrogen-bond acceptors (Lipinski definition) is 4. The second-order valence-corrected chi connectivity index (χ2v) is 9.26. The van der Waals surface area contributed by atoms with Crippen LogP contribution in [0.2, 0.25) is 0 Å². The van der Waals surface area contributed by atoms with Crippen LogP contribution in [0.1, 0.15) is 31.6 Å². The van der Waals surface area contributed by atoms with Gasteiger partial charge in [-0.05, 0) is 45.4 Å². The summed E-state index contributed by atoms with van der Waals surface area (Å²) < 4.78 is 0. The Morgan fingerprint density at radius 3 is 2.19 bits per heavy atom. The van der Waals surface area contributed by atoms with E-state index in [1.54, 1.807) is 0 Å². The first-order valence-corrected chi connectivity index (χ1v) is 10.4. The Hall–Kier alpha value is -2.27. The Kier molecular flexibility index (Phi) is 3.66. The highest BCUT2D eigenvalue weighted by Crippen LogP contribution is 2.60. The number of carbonyl (C=O) groups excluding carboxylic acids is 2. The van der Waals surface area contributed by atoms with Crippen LogP contribution < -0.4 is 4.90 Å². The topological polar surface area (TPSA) is 50.3 Å². The van der Waals surface area contributed by atoms with Crippen LogP contribution >= 0.6 is 11.3 Å². The zero-order valence-electron chi connectivity index (χ0n) is 15.7. The van der Waals surface area contributed by atoms with E-state index >= 15 is 0 Å². The number of amides is 2. The third-order valence-electron chi connectivity index (χ3n) is 6.45. The summed E-state index contributed by atoms with van der Waals surface area (Å²) in [4.78, 5) is 33.7. The van der Waals surface area contributed by atoms with Gasteiger partial charge in [-0.3, -0.25) is 9.59 Å². The number of anilines is 1. The Bertz CT molecular complexity index is 955. The summed E-state index contributed by atoms with van der Waals surface area (Å²) in [5.74, 6) is 0.0758. The van der Waals surface area contributed by atoms with Crippen molar-refractivity contribution in [3.8, 4) is 11.3 Å². The summed E-state index contributed by atoms with van der Waals surface area (Å²) in [5.41, 5.74) is 4.55. The minimum absolute atomic E-state index is 0.0377. The highest BCUT2D eigenvalue weighted by Gasteiger charge is 2.64. The molecule has 1 aliphatic heterocycles. The van der Waals surface area contributed by atoms with Crippen molar-refractivity contribution < 1.29 is 9.59 Å². The molecule has 0 unspecified atom stereocenters. The number of allylic oxidation sites excluding steroid dienone is 2. The lowest BCUT2D eigenvalue weighted by atomic mass is 9.81. The van der Waals surface area contributed by atoms with Gasteiger partial charge in [0.15, 0.2) is 5.13 Å². The van der Waals surface area contributed by atoms with E-state index in [4.69, 9.17) is 4.98 Å². The van der Waals surface area contributed by atoms with Gasteiger partial charge in [0.05, 0.1) is 17.5 Å². The predicted octanol–water partition coefficient (Wildman–Crippen LogP) is 4.60. The lowest BCUT2D eigenvalue weighted by molar-refractivity contribution is -0.123. The van der Waals surface area contributed by atoms with Crippen molar-refractivity contribution in [2.45, 2.75) is 33.6 Å². The van der Waals surface area contributed by atoms with Crippen molar-refractivity contribution in [1.29, 1.82) is 0 Å². The molecule has 0 N–H and O–H groups in total. The maximum atomic E-state index is 13.3. The van der Waals surface area contributed by atoms with Crippen LogP contribution in [-0.2, 0) is 9.59 Å². The molecule has 27 heavy (non-hydrogen) atoms. The molecular formula is C22H22N2O2S. The molecule has 2 aliphatic carbocycles. The van der Waals surface area contributed by atoms with Crippen molar-refractivity contribution in [2.75, 3.05) is 4.90 Å². The van der Waals surface area contributed by atoms with E-state index in [2.05, 4.69) is 13.8 Å². The van der Waals surface area contributed by atoms with Crippen molar-refractivity contribution in [2.24, 2.45) is 23.7 Å². The van der Waals surface area contributed by atoms with Crippen molar-refractivity contribution in [3.63, 3.8) is 0 Å². The van der Waals surface area contributed by atoms with Crippen molar-refractivity contribution in [3.05, 3.63) is 46.4 Å². The summed E-state index contributed by atoms with van der Waals surface area (Å²) in [6.07, 6.45) is 2.07. The van der Waals surface area contributed by atoms with Crippen molar-refractivity contribution >= 4 is 28.3 Å². The fraction of sp³-hybridized carbons (Fsp3) is 0.409. The maximum absolute atomic E-state index is 13.3. The summed E-state index contributed by atoms with van der Waals surface area (Å²) in [6, 6.07) is 9.94. The zero-order chi connectivity index (χ0) is 18.9. The number of aromatic nitrogens is 1. The molecule has 0 spiro atoms. The molecule has 3 aliphatic rings. The van der Waals surface area contributed by atoms with Crippen LogP contribution in [-0.4, -0.2) is 16.8 Å². The Morgan fingerprint density at radius 2 is 1.63 bits per heavy atom. The fourth-order valence-electron chi connectivity index (χ4n) is 5.52. The van der Waals surface area contributed by atoms with Gasteiger partial charge in [-0.15, -0.1) is 11.3 Å². The molecule has 2 aromatic rings. The van der Waals surface area contributed by atoms with E-state index in [0.29, 0.717) is 5.13 Å². The second-order valence-electron chi connectivity index (χ2n) is 8.08. The molecule has 1 aromatic heterocycles. The fourth-order valence-corrected chi connectivity index (χ4v) is 6.46. The number of fused-ring (bicyclic) bond motifs is 5. The monoisotopic (exact) mass is 378 g/mol. The van der Waals surface area contributed by atoms with Crippen LogP contribution in [0.5, 0.6) is 0 Å². The summed E-state index contributed by atoms with van der Waals surface area (Å²) in [7, 11) is 0. The van der Waals surface area contributed by atoms with Gasteiger partial charge in [0.2, 0.25) is 11.8 Å². The average Bonchev–Trinajstić information content (AvgIpc) is 3.37. The van der Waals surface area contributed by atoms with Gasteiger partial charge in [-0.1, -0.05) is 41.5 Å². The number of imide groups is 1. The minimum Gasteiger partial charge on any atom is -0.274 e. The number of thiazole rings is 1.